The average Bonchev–Trinajstić information content (AvgIpc) is 2.98. The molecule has 134 valence electrons. The molecule has 0 bridgehead atoms. The Morgan fingerprint density at radius 3 is 2.92 bits per heavy atom. The van der Waals surface area contributed by atoms with Crippen LogP contribution in [0.3, 0.4) is 0 Å². The molecule has 1 atom stereocenters. The number of aryl methyl sites for hydroxylation is 1. The molecule has 0 unspecified atom stereocenters. The Morgan fingerprint density at radius 1 is 1.36 bits per heavy atom. The van der Waals surface area contributed by atoms with Crippen LogP contribution < -0.4 is 5.69 Å². The zero-order valence-electron chi connectivity index (χ0n) is 14.5. The maximum atomic E-state index is 12.4. The number of benzene rings is 1. The van der Waals surface area contributed by atoms with Crippen molar-refractivity contribution in [1.82, 2.24) is 19.7 Å². The summed E-state index contributed by atoms with van der Waals surface area (Å²) in [5.41, 5.74) is 0.947. The van der Waals surface area contributed by atoms with Gasteiger partial charge in [0.1, 0.15) is 0 Å². The zero-order chi connectivity index (χ0) is 17.6. The third kappa shape index (κ3) is 4.75. The predicted octanol–water partition coefficient (Wildman–Crippen LogP) is 2.16. The molecular weight excluding hydrogens is 336 g/mol. The van der Waals surface area contributed by atoms with Crippen LogP contribution >= 0.6 is 11.8 Å². The van der Waals surface area contributed by atoms with Crippen LogP contribution in [0.4, 0.5) is 0 Å². The first-order valence-electron chi connectivity index (χ1n) is 8.73. The molecule has 0 radical (unpaired) electrons. The third-order valence-corrected chi connectivity index (χ3v) is 5.49. The van der Waals surface area contributed by atoms with Crippen molar-refractivity contribution in [2.24, 2.45) is 5.92 Å². The van der Waals surface area contributed by atoms with Gasteiger partial charge in [-0.1, -0.05) is 49.0 Å². The number of carbonyl (C=O) groups excluding carboxylic acids is 1. The minimum Gasteiger partial charge on any atom is -0.342 e. The van der Waals surface area contributed by atoms with Gasteiger partial charge in [0.2, 0.25) is 5.91 Å². The van der Waals surface area contributed by atoms with Gasteiger partial charge in [-0.3, -0.25) is 9.36 Å². The Kier molecular flexibility index (Phi) is 5.96. The Hall–Kier alpha value is -2.02. The Bertz CT molecular complexity index is 756. The second-order valence-electron chi connectivity index (χ2n) is 6.57. The lowest BCUT2D eigenvalue weighted by atomic mass is 10.0. The number of hydrogen-bond acceptors (Lipinski definition) is 4. The molecule has 2 heterocycles. The van der Waals surface area contributed by atoms with Crippen LogP contribution in [0.25, 0.3) is 0 Å². The van der Waals surface area contributed by atoms with Crippen molar-refractivity contribution >= 4 is 17.7 Å². The maximum absolute atomic E-state index is 12.4. The highest BCUT2D eigenvalue weighted by molar-refractivity contribution is 7.99. The molecule has 1 amide bonds. The van der Waals surface area contributed by atoms with Gasteiger partial charge in [-0.05, 0) is 30.7 Å². The minimum atomic E-state index is -0.225. The van der Waals surface area contributed by atoms with Gasteiger partial charge in [-0.15, -0.1) is 5.10 Å². The van der Waals surface area contributed by atoms with Crippen molar-refractivity contribution in [2.75, 3.05) is 18.8 Å². The SMILES string of the molecule is C[C@@H]1CCCN(C(=O)CSc2n[nH]c(=O)n2CCc2ccccc2)C1. The monoisotopic (exact) mass is 360 g/mol. The summed E-state index contributed by atoms with van der Waals surface area (Å²) in [7, 11) is 0. The number of aromatic nitrogens is 3. The number of aromatic amines is 1. The van der Waals surface area contributed by atoms with Crippen LogP contribution in [0.5, 0.6) is 0 Å². The highest BCUT2D eigenvalue weighted by Crippen LogP contribution is 2.19. The molecule has 0 spiro atoms. The van der Waals surface area contributed by atoms with Crippen molar-refractivity contribution in [3.8, 4) is 0 Å². The summed E-state index contributed by atoms with van der Waals surface area (Å²) in [6.45, 7) is 4.41. The van der Waals surface area contributed by atoms with Gasteiger partial charge in [0.05, 0.1) is 5.75 Å². The molecule has 0 saturated carbocycles. The van der Waals surface area contributed by atoms with Crippen LogP contribution in [0.2, 0.25) is 0 Å². The van der Waals surface area contributed by atoms with Gasteiger partial charge in [0.15, 0.2) is 5.16 Å². The number of likely N-dealkylation sites (tertiary alicyclic amines) is 1. The van der Waals surface area contributed by atoms with E-state index >= 15 is 0 Å². The van der Waals surface area contributed by atoms with E-state index < -0.39 is 0 Å². The second kappa shape index (κ2) is 8.38. The van der Waals surface area contributed by atoms with Gasteiger partial charge in [-0.25, -0.2) is 9.89 Å². The lowest BCUT2D eigenvalue weighted by molar-refractivity contribution is -0.130. The number of piperidine rings is 1. The zero-order valence-corrected chi connectivity index (χ0v) is 15.3. The quantitative estimate of drug-likeness (QED) is 0.802. The van der Waals surface area contributed by atoms with Gasteiger partial charge < -0.3 is 4.90 Å². The summed E-state index contributed by atoms with van der Waals surface area (Å²) in [4.78, 5) is 26.3. The van der Waals surface area contributed by atoms with Crippen LogP contribution in [-0.4, -0.2) is 44.4 Å². The predicted molar refractivity (Wildman–Crippen MR) is 98.7 cm³/mol. The smallest absolute Gasteiger partial charge is 0.342 e. The van der Waals surface area contributed by atoms with Gasteiger partial charge in [0.25, 0.3) is 0 Å². The molecule has 7 heteroatoms. The lowest BCUT2D eigenvalue weighted by Gasteiger charge is -2.30. The topological polar surface area (TPSA) is 71.0 Å². The van der Waals surface area contributed by atoms with Crippen LogP contribution in [0.15, 0.2) is 40.3 Å². The lowest BCUT2D eigenvalue weighted by Crippen LogP contribution is -2.40. The summed E-state index contributed by atoms with van der Waals surface area (Å²) in [6.07, 6.45) is 3.02. The number of thioether (sulfide) groups is 1. The molecule has 1 aliphatic rings. The number of nitrogens with zero attached hydrogens (tertiary/aromatic N) is 3. The standard InChI is InChI=1S/C18H24N4O2S/c1-14-6-5-10-21(12-14)16(23)13-25-18-20-19-17(24)22(18)11-9-15-7-3-2-4-8-15/h2-4,7-8,14H,5-6,9-13H2,1H3,(H,19,24)/t14-/m1/s1. The van der Waals surface area contributed by atoms with Crippen LogP contribution in [-0.2, 0) is 17.8 Å². The van der Waals surface area contributed by atoms with Crippen molar-refractivity contribution in [3.05, 3.63) is 46.4 Å². The van der Waals surface area contributed by atoms with E-state index in [1.807, 2.05) is 35.2 Å². The number of amides is 1. The minimum absolute atomic E-state index is 0.126. The highest BCUT2D eigenvalue weighted by Gasteiger charge is 2.21. The number of nitrogens with one attached hydrogen (secondary N) is 1. The molecule has 1 aromatic carbocycles. The first-order chi connectivity index (χ1) is 12.1. The highest BCUT2D eigenvalue weighted by atomic mass is 32.2. The summed E-state index contributed by atoms with van der Waals surface area (Å²) < 4.78 is 1.61. The fraction of sp³-hybridized carbons (Fsp3) is 0.500. The van der Waals surface area contributed by atoms with Gasteiger partial charge >= 0.3 is 5.69 Å². The van der Waals surface area contributed by atoms with E-state index in [0.717, 1.165) is 25.9 Å². The average molecular weight is 360 g/mol. The van der Waals surface area contributed by atoms with Crippen molar-refractivity contribution in [1.29, 1.82) is 0 Å². The molecule has 25 heavy (non-hydrogen) atoms. The molecule has 1 aromatic heterocycles. The van der Waals surface area contributed by atoms with E-state index in [4.69, 9.17) is 0 Å². The summed E-state index contributed by atoms with van der Waals surface area (Å²) in [5, 5.41) is 7.16. The summed E-state index contributed by atoms with van der Waals surface area (Å²) >= 11 is 1.34. The van der Waals surface area contributed by atoms with Gasteiger partial charge in [0, 0.05) is 19.6 Å². The Morgan fingerprint density at radius 2 is 2.16 bits per heavy atom. The van der Waals surface area contributed by atoms with Crippen LogP contribution in [0.1, 0.15) is 25.3 Å². The van der Waals surface area contributed by atoms with Crippen molar-refractivity contribution in [3.63, 3.8) is 0 Å². The molecule has 2 aromatic rings. The Labute approximate surface area is 151 Å². The molecule has 0 aliphatic carbocycles. The second-order valence-corrected chi connectivity index (χ2v) is 7.52. The number of hydrogen-bond donors (Lipinski definition) is 1. The van der Waals surface area contributed by atoms with E-state index in [2.05, 4.69) is 17.1 Å². The van der Waals surface area contributed by atoms with E-state index in [-0.39, 0.29) is 11.6 Å². The van der Waals surface area contributed by atoms with E-state index in [0.29, 0.717) is 23.4 Å². The first kappa shape index (κ1) is 17.8. The molecule has 1 N–H and O–H groups in total. The fourth-order valence-corrected chi connectivity index (χ4v) is 4.01. The van der Waals surface area contributed by atoms with E-state index in [1.54, 1.807) is 4.57 Å². The fourth-order valence-electron chi connectivity index (χ4n) is 3.13. The molecule has 6 nitrogen and oxygen atoms in total. The maximum Gasteiger partial charge on any atom is 0.343 e. The van der Waals surface area contributed by atoms with Crippen molar-refractivity contribution < 1.29 is 4.79 Å². The summed E-state index contributed by atoms with van der Waals surface area (Å²) in [5.74, 6) is 1.02. The number of rotatable bonds is 6. The normalized spacial score (nSPS) is 17.6. The van der Waals surface area contributed by atoms with Gasteiger partial charge in [-0.2, -0.15) is 0 Å². The molecule has 1 fully saturated rings. The van der Waals surface area contributed by atoms with Crippen molar-refractivity contribution in [2.45, 2.75) is 37.9 Å². The van der Waals surface area contributed by atoms with E-state index in [9.17, 15) is 9.59 Å². The number of H-pyrrole nitrogens is 1. The molecule has 1 aliphatic heterocycles. The number of carbonyl (C=O) groups is 1. The largest absolute Gasteiger partial charge is 0.343 e. The molecular formula is C18H24N4O2S. The molecule has 1 saturated heterocycles. The first-order valence-corrected chi connectivity index (χ1v) is 9.72. The van der Waals surface area contributed by atoms with E-state index in [1.165, 1.54) is 23.7 Å². The summed E-state index contributed by atoms with van der Waals surface area (Å²) in [6, 6.07) is 10.0. The Balaban J connectivity index is 1.57. The third-order valence-electron chi connectivity index (χ3n) is 4.52. The molecule has 3 rings (SSSR count). The van der Waals surface area contributed by atoms with Crippen LogP contribution in [0, 0.1) is 5.92 Å².